The number of hydrogen-bond acceptors (Lipinski definition) is 3. The lowest BCUT2D eigenvalue weighted by Crippen LogP contribution is -2.15. The predicted molar refractivity (Wildman–Crippen MR) is 204 cm³/mol. The number of hydrogen-bond donors (Lipinski definition) is 0. The van der Waals surface area contributed by atoms with Gasteiger partial charge >= 0.3 is 0 Å². The summed E-state index contributed by atoms with van der Waals surface area (Å²) in [5.74, 6) is 0. The topological polar surface area (TPSA) is 16.4 Å². The van der Waals surface area contributed by atoms with Gasteiger partial charge in [0.05, 0.1) is 0 Å². The first-order valence-corrected chi connectivity index (χ1v) is 17.3. The van der Waals surface area contributed by atoms with Gasteiger partial charge in [0.2, 0.25) is 0 Å². The summed E-state index contributed by atoms with van der Waals surface area (Å²) in [5.41, 5.74) is 12.9. The van der Waals surface area contributed by atoms with E-state index >= 15 is 0 Å². The Balaban J connectivity index is 1.13. The molecular formula is C45H31NOS. The van der Waals surface area contributed by atoms with Gasteiger partial charge < -0.3 is 9.32 Å². The van der Waals surface area contributed by atoms with Gasteiger partial charge in [-0.15, -0.1) is 11.3 Å². The van der Waals surface area contributed by atoms with Gasteiger partial charge in [-0.1, -0.05) is 98.8 Å². The Labute approximate surface area is 283 Å². The van der Waals surface area contributed by atoms with Crippen LogP contribution in [0.4, 0.5) is 17.1 Å². The summed E-state index contributed by atoms with van der Waals surface area (Å²) in [5, 5.41) is 4.89. The molecule has 0 aliphatic heterocycles. The number of fused-ring (bicyclic) bond motifs is 9. The molecule has 0 N–H and O–H groups in total. The Hall–Kier alpha value is -5.64. The molecule has 0 saturated heterocycles. The molecule has 0 atom stereocenters. The predicted octanol–water partition coefficient (Wildman–Crippen LogP) is 13.4. The summed E-state index contributed by atoms with van der Waals surface area (Å²) in [6.07, 6.45) is 0. The van der Waals surface area contributed by atoms with E-state index in [1.54, 1.807) is 0 Å². The number of furan rings is 1. The third-order valence-electron chi connectivity index (χ3n) is 10.3. The molecule has 9 aromatic rings. The van der Waals surface area contributed by atoms with Crippen molar-refractivity contribution in [2.24, 2.45) is 0 Å². The minimum atomic E-state index is -0.0412. The van der Waals surface area contributed by atoms with Gasteiger partial charge in [0.25, 0.3) is 0 Å². The quantitative estimate of drug-likeness (QED) is 0.192. The molecule has 48 heavy (non-hydrogen) atoms. The van der Waals surface area contributed by atoms with Crippen molar-refractivity contribution in [1.82, 2.24) is 0 Å². The van der Waals surface area contributed by atoms with Crippen LogP contribution in [0.15, 0.2) is 156 Å². The lowest BCUT2D eigenvalue weighted by Gasteiger charge is -2.27. The molecule has 0 spiro atoms. The summed E-state index contributed by atoms with van der Waals surface area (Å²) in [4.78, 5) is 2.38. The zero-order valence-corrected chi connectivity index (χ0v) is 27.5. The summed E-state index contributed by atoms with van der Waals surface area (Å²) in [7, 11) is 0. The number of benzene rings is 7. The third-order valence-corrected chi connectivity index (χ3v) is 11.4. The Morgan fingerprint density at radius 1 is 0.458 bits per heavy atom. The van der Waals surface area contributed by atoms with Gasteiger partial charge in [0, 0.05) is 53.4 Å². The molecule has 2 aromatic heterocycles. The largest absolute Gasteiger partial charge is 0.456 e. The second-order valence-electron chi connectivity index (χ2n) is 13.4. The highest BCUT2D eigenvalue weighted by Crippen LogP contribution is 2.51. The maximum absolute atomic E-state index is 6.22. The van der Waals surface area contributed by atoms with Crippen molar-refractivity contribution in [3.63, 3.8) is 0 Å². The van der Waals surface area contributed by atoms with Crippen LogP contribution in [0.1, 0.15) is 25.0 Å². The molecule has 0 bridgehead atoms. The Kier molecular flexibility index (Phi) is 5.82. The van der Waals surface area contributed by atoms with Gasteiger partial charge in [0.15, 0.2) is 0 Å². The summed E-state index contributed by atoms with van der Waals surface area (Å²) in [6, 6.07) is 55.3. The molecule has 0 amide bonds. The van der Waals surface area contributed by atoms with Gasteiger partial charge in [-0.25, -0.2) is 0 Å². The highest BCUT2D eigenvalue weighted by atomic mass is 32.1. The minimum absolute atomic E-state index is 0.0412. The van der Waals surface area contributed by atoms with Crippen LogP contribution >= 0.6 is 11.3 Å². The molecule has 228 valence electrons. The van der Waals surface area contributed by atoms with Crippen molar-refractivity contribution < 1.29 is 4.42 Å². The zero-order valence-electron chi connectivity index (χ0n) is 26.7. The highest BCUT2D eigenvalue weighted by molar-refractivity contribution is 7.25. The number of anilines is 3. The number of thiophene rings is 1. The van der Waals surface area contributed by atoms with E-state index in [2.05, 4.69) is 158 Å². The van der Waals surface area contributed by atoms with E-state index in [4.69, 9.17) is 4.42 Å². The maximum atomic E-state index is 6.22. The van der Waals surface area contributed by atoms with Gasteiger partial charge in [-0.3, -0.25) is 0 Å². The molecule has 1 aliphatic rings. The molecule has 0 unspecified atom stereocenters. The van der Waals surface area contributed by atoms with Crippen molar-refractivity contribution in [3.05, 3.63) is 163 Å². The first-order valence-electron chi connectivity index (χ1n) is 16.5. The van der Waals surface area contributed by atoms with Crippen molar-refractivity contribution in [3.8, 4) is 22.3 Å². The first-order chi connectivity index (χ1) is 23.5. The standard InChI is InChI=1S/C45H31NOS/c1-45(2)39-12-6-3-9-33(39)36-26-31(20-22-40(36)45)46(32-21-23-42-37(27-32)34-10-4-7-13-41(34)47-42)30-18-15-28(16-19-30)29-17-24-44-38(25-29)35-11-5-8-14-43(35)48-44/h3-27H,1-2H3. The molecular weight excluding hydrogens is 603 g/mol. The van der Waals surface area contributed by atoms with E-state index in [1.165, 1.54) is 53.6 Å². The van der Waals surface area contributed by atoms with Gasteiger partial charge in [-0.05, 0) is 100 Å². The SMILES string of the molecule is CC1(C)c2ccccc2-c2cc(N(c3ccc(-c4ccc5sc6ccccc6c5c4)cc3)c3ccc4oc5ccccc5c4c3)ccc21. The molecule has 0 fully saturated rings. The van der Waals surface area contributed by atoms with E-state index in [1.807, 2.05) is 23.5 Å². The maximum Gasteiger partial charge on any atom is 0.135 e. The van der Waals surface area contributed by atoms with Crippen LogP contribution in [-0.2, 0) is 5.41 Å². The summed E-state index contributed by atoms with van der Waals surface area (Å²) in [6.45, 7) is 4.67. The average Bonchev–Trinajstić information content (AvgIpc) is 3.76. The van der Waals surface area contributed by atoms with E-state index in [0.717, 1.165) is 39.0 Å². The van der Waals surface area contributed by atoms with Crippen LogP contribution in [0.25, 0.3) is 64.4 Å². The van der Waals surface area contributed by atoms with E-state index < -0.39 is 0 Å². The lowest BCUT2D eigenvalue weighted by atomic mass is 9.82. The summed E-state index contributed by atoms with van der Waals surface area (Å²) >= 11 is 1.86. The van der Waals surface area contributed by atoms with E-state index in [0.29, 0.717) is 0 Å². The molecule has 0 saturated carbocycles. The molecule has 10 rings (SSSR count). The number of nitrogens with zero attached hydrogens (tertiary/aromatic N) is 1. The molecule has 3 heteroatoms. The van der Waals surface area contributed by atoms with Crippen molar-refractivity contribution >= 4 is 70.5 Å². The van der Waals surface area contributed by atoms with Crippen molar-refractivity contribution in [2.45, 2.75) is 19.3 Å². The van der Waals surface area contributed by atoms with Crippen molar-refractivity contribution in [2.75, 3.05) is 4.90 Å². The monoisotopic (exact) mass is 633 g/mol. The average molecular weight is 634 g/mol. The van der Waals surface area contributed by atoms with Crippen LogP contribution < -0.4 is 4.90 Å². The fourth-order valence-corrected chi connectivity index (χ4v) is 8.94. The fourth-order valence-electron chi connectivity index (χ4n) is 7.86. The van der Waals surface area contributed by atoms with Crippen LogP contribution in [0.2, 0.25) is 0 Å². The molecule has 7 aromatic carbocycles. The van der Waals surface area contributed by atoms with Crippen LogP contribution in [-0.4, -0.2) is 0 Å². The highest BCUT2D eigenvalue weighted by Gasteiger charge is 2.35. The number of rotatable bonds is 4. The van der Waals surface area contributed by atoms with Gasteiger partial charge in [0.1, 0.15) is 11.2 Å². The smallest absolute Gasteiger partial charge is 0.135 e. The molecule has 0 radical (unpaired) electrons. The second kappa shape index (κ2) is 10.2. The van der Waals surface area contributed by atoms with Gasteiger partial charge in [-0.2, -0.15) is 0 Å². The van der Waals surface area contributed by atoms with Crippen LogP contribution in [0.3, 0.4) is 0 Å². The Morgan fingerprint density at radius 3 is 2.00 bits per heavy atom. The lowest BCUT2D eigenvalue weighted by molar-refractivity contribution is 0.660. The minimum Gasteiger partial charge on any atom is -0.456 e. The third kappa shape index (κ3) is 4.04. The zero-order chi connectivity index (χ0) is 32.0. The Bertz CT molecular complexity index is 2710. The van der Waals surface area contributed by atoms with Crippen LogP contribution in [0.5, 0.6) is 0 Å². The number of para-hydroxylation sites is 1. The van der Waals surface area contributed by atoms with Crippen molar-refractivity contribution in [1.29, 1.82) is 0 Å². The molecule has 2 nitrogen and oxygen atoms in total. The normalized spacial score (nSPS) is 13.4. The molecule has 2 heterocycles. The summed E-state index contributed by atoms with van der Waals surface area (Å²) < 4.78 is 8.88. The Morgan fingerprint density at radius 2 is 1.10 bits per heavy atom. The fraction of sp³-hybridized carbons (Fsp3) is 0.0667. The first kappa shape index (κ1) is 27.5. The van der Waals surface area contributed by atoms with E-state index in [9.17, 15) is 0 Å². The van der Waals surface area contributed by atoms with Crippen LogP contribution in [0, 0.1) is 0 Å². The molecule has 1 aliphatic carbocycles. The van der Waals surface area contributed by atoms with E-state index in [-0.39, 0.29) is 5.41 Å². The second-order valence-corrected chi connectivity index (χ2v) is 14.5.